The van der Waals surface area contributed by atoms with Crippen molar-refractivity contribution in [1.29, 1.82) is 0 Å². The summed E-state index contributed by atoms with van der Waals surface area (Å²) in [6.07, 6.45) is 0.743. The first kappa shape index (κ1) is 13.8. The molecule has 1 unspecified atom stereocenters. The Kier molecular flexibility index (Phi) is 4.40. The molecule has 1 rings (SSSR count). The summed E-state index contributed by atoms with van der Waals surface area (Å²) in [6, 6.07) is 6.19. The zero-order valence-corrected chi connectivity index (χ0v) is 11.2. The van der Waals surface area contributed by atoms with Crippen molar-refractivity contribution < 1.29 is 5.11 Å². The molecule has 0 aliphatic heterocycles. The summed E-state index contributed by atoms with van der Waals surface area (Å²) < 4.78 is 0. The molecule has 0 saturated carbocycles. The Morgan fingerprint density at radius 3 is 2.47 bits per heavy atom. The maximum atomic E-state index is 9.12. The summed E-state index contributed by atoms with van der Waals surface area (Å²) in [5.41, 5.74) is 8.85. The normalized spacial score (nSPS) is 13.5. The van der Waals surface area contributed by atoms with Gasteiger partial charge in [-0.2, -0.15) is 0 Å². The van der Waals surface area contributed by atoms with E-state index in [1.54, 1.807) is 0 Å². The lowest BCUT2D eigenvalue weighted by Crippen LogP contribution is -2.34. The van der Waals surface area contributed by atoms with E-state index in [0.29, 0.717) is 0 Å². The van der Waals surface area contributed by atoms with Gasteiger partial charge in [0.25, 0.3) is 0 Å². The van der Waals surface area contributed by atoms with Crippen molar-refractivity contribution in [2.75, 3.05) is 17.7 Å². The molecule has 0 aromatic heterocycles. The largest absolute Gasteiger partial charge is 0.399 e. The first-order valence-corrected chi connectivity index (χ1v) is 6.08. The highest BCUT2D eigenvalue weighted by molar-refractivity contribution is 5.57. The van der Waals surface area contributed by atoms with Gasteiger partial charge in [0, 0.05) is 24.0 Å². The first-order valence-electron chi connectivity index (χ1n) is 6.08. The highest BCUT2D eigenvalue weighted by Crippen LogP contribution is 2.26. The van der Waals surface area contributed by atoms with E-state index in [9.17, 15) is 0 Å². The van der Waals surface area contributed by atoms with Gasteiger partial charge in [0.05, 0.1) is 0 Å². The van der Waals surface area contributed by atoms with Crippen LogP contribution in [-0.4, -0.2) is 17.8 Å². The van der Waals surface area contributed by atoms with Crippen LogP contribution >= 0.6 is 0 Å². The Balaban J connectivity index is 2.82. The number of aliphatic hydroxyl groups is 1. The second-order valence-corrected chi connectivity index (χ2v) is 5.65. The smallest absolute Gasteiger partial charge is 0.0450 e. The maximum absolute atomic E-state index is 9.12. The summed E-state index contributed by atoms with van der Waals surface area (Å²) in [7, 11) is 0. The minimum Gasteiger partial charge on any atom is -0.399 e. The van der Waals surface area contributed by atoms with Crippen LogP contribution in [0, 0.1) is 12.3 Å². The second-order valence-electron chi connectivity index (χ2n) is 5.65. The van der Waals surface area contributed by atoms with Gasteiger partial charge in [0.2, 0.25) is 0 Å². The molecule has 0 saturated heterocycles. The molecule has 3 nitrogen and oxygen atoms in total. The van der Waals surface area contributed by atoms with Crippen molar-refractivity contribution in [3.8, 4) is 0 Å². The number of nitrogens with one attached hydrogen (secondary N) is 1. The molecule has 0 aliphatic carbocycles. The van der Waals surface area contributed by atoms with E-state index in [4.69, 9.17) is 10.8 Å². The summed E-state index contributed by atoms with van der Waals surface area (Å²) in [5, 5.41) is 12.6. The number of benzene rings is 1. The molecule has 0 radical (unpaired) electrons. The monoisotopic (exact) mass is 236 g/mol. The summed E-state index contributed by atoms with van der Waals surface area (Å²) in [4.78, 5) is 0. The highest BCUT2D eigenvalue weighted by Gasteiger charge is 2.23. The van der Waals surface area contributed by atoms with E-state index >= 15 is 0 Å². The summed E-state index contributed by atoms with van der Waals surface area (Å²) in [5.74, 6) is 0. The number of nitrogens with two attached hydrogens (primary N) is 1. The number of hydrogen-bond acceptors (Lipinski definition) is 3. The van der Waals surface area contributed by atoms with Crippen LogP contribution in [0.2, 0.25) is 0 Å². The highest BCUT2D eigenvalue weighted by atomic mass is 16.3. The van der Waals surface area contributed by atoms with Gasteiger partial charge in [-0.25, -0.2) is 0 Å². The van der Waals surface area contributed by atoms with Crippen LogP contribution in [0.4, 0.5) is 11.4 Å². The fourth-order valence-electron chi connectivity index (χ4n) is 1.82. The SMILES string of the molecule is Cc1cc(NC(CCO)C(C)(C)C)ccc1N. The molecule has 1 atom stereocenters. The molecule has 0 aliphatic rings. The predicted octanol–water partition coefficient (Wildman–Crippen LogP) is 2.79. The van der Waals surface area contributed by atoms with Crippen molar-refractivity contribution in [3.05, 3.63) is 23.8 Å². The van der Waals surface area contributed by atoms with Crippen LogP contribution in [0.15, 0.2) is 18.2 Å². The van der Waals surface area contributed by atoms with E-state index < -0.39 is 0 Å². The quantitative estimate of drug-likeness (QED) is 0.705. The van der Waals surface area contributed by atoms with Gasteiger partial charge in [-0.1, -0.05) is 20.8 Å². The number of aliphatic hydroxyl groups excluding tert-OH is 1. The number of anilines is 2. The van der Waals surface area contributed by atoms with E-state index in [2.05, 4.69) is 26.1 Å². The Morgan fingerprint density at radius 1 is 1.35 bits per heavy atom. The van der Waals surface area contributed by atoms with Gasteiger partial charge >= 0.3 is 0 Å². The van der Waals surface area contributed by atoms with Gasteiger partial charge < -0.3 is 16.2 Å². The van der Waals surface area contributed by atoms with Crippen molar-refractivity contribution in [2.45, 2.75) is 40.2 Å². The third-order valence-electron chi connectivity index (χ3n) is 3.07. The fourth-order valence-corrected chi connectivity index (χ4v) is 1.82. The number of aryl methyl sites for hydroxylation is 1. The molecule has 4 N–H and O–H groups in total. The van der Waals surface area contributed by atoms with E-state index in [0.717, 1.165) is 23.4 Å². The third kappa shape index (κ3) is 3.93. The summed E-state index contributed by atoms with van der Waals surface area (Å²) >= 11 is 0. The molecule has 0 fully saturated rings. The number of nitrogen functional groups attached to an aromatic ring is 1. The van der Waals surface area contributed by atoms with Gasteiger partial charge in [0.15, 0.2) is 0 Å². The molecule has 1 aromatic rings. The van der Waals surface area contributed by atoms with Crippen molar-refractivity contribution in [3.63, 3.8) is 0 Å². The zero-order chi connectivity index (χ0) is 13.1. The van der Waals surface area contributed by atoms with Crippen molar-refractivity contribution >= 4 is 11.4 Å². The van der Waals surface area contributed by atoms with Gasteiger partial charge in [-0.3, -0.25) is 0 Å². The number of hydrogen-bond donors (Lipinski definition) is 3. The van der Waals surface area contributed by atoms with Crippen LogP contribution in [0.1, 0.15) is 32.8 Å². The third-order valence-corrected chi connectivity index (χ3v) is 3.07. The van der Waals surface area contributed by atoms with E-state index in [1.165, 1.54) is 0 Å². The molecular weight excluding hydrogens is 212 g/mol. The van der Waals surface area contributed by atoms with Crippen LogP contribution in [0.3, 0.4) is 0 Å². The molecule has 0 heterocycles. The number of rotatable bonds is 4. The molecule has 17 heavy (non-hydrogen) atoms. The van der Waals surface area contributed by atoms with Crippen LogP contribution in [0.25, 0.3) is 0 Å². The van der Waals surface area contributed by atoms with E-state index in [1.807, 2.05) is 25.1 Å². The minimum atomic E-state index is 0.109. The second kappa shape index (κ2) is 5.41. The van der Waals surface area contributed by atoms with Crippen LogP contribution in [-0.2, 0) is 0 Å². The summed E-state index contributed by atoms with van der Waals surface area (Å²) in [6.45, 7) is 8.71. The average Bonchev–Trinajstić information content (AvgIpc) is 2.21. The molecule has 0 spiro atoms. The average molecular weight is 236 g/mol. The lowest BCUT2D eigenvalue weighted by atomic mass is 9.84. The van der Waals surface area contributed by atoms with E-state index in [-0.39, 0.29) is 18.1 Å². The Bertz CT molecular complexity index is 369. The Labute approximate surface area is 104 Å². The maximum Gasteiger partial charge on any atom is 0.0450 e. The lowest BCUT2D eigenvalue weighted by molar-refractivity contribution is 0.235. The van der Waals surface area contributed by atoms with Gasteiger partial charge in [-0.15, -0.1) is 0 Å². The Morgan fingerprint density at radius 2 is 2.00 bits per heavy atom. The van der Waals surface area contributed by atoms with Crippen molar-refractivity contribution in [2.24, 2.45) is 5.41 Å². The molecule has 1 aromatic carbocycles. The minimum absolute atomic E-state index is 0.109. The molecule has 3 heteroatoms. The fraction of sp³-hybridized carbons (Fsp3) is 0.571. The standard InChI is InChI=1S/C14H24N2O/c1-10-9-11(5-6-12(10)15)16-13(7-8-17)14(2,3)4/h5-6,9,13,16-17H,7-8,15H2,1-4H3. The molecule has 96 valence electrons. The van der Waals surface area contributed by atoms with Gasteiger partial charge in [0.1, 0.15) is 0 Å². The van der Waals surface area contributed by atoms with Crippen LogP contribution < -0.4 is 11.1 Å². The van der Waals surface area contributed by atoms with Crippen molar-refractivity contribution in [1.82, 2.24) is 0 Å². The lowest BCUT2D eigenvalue weighted by Gasteiger charge is -2.32. The molecule has 0 amide bonds. The Hall–Kier alpha value is -1.22. The zero-order valence-electron chi connectivity index (χ0n) is 11.2. The van der Waals surface area contributed by atoms with Gasteiger partial charge in [-0.05, 0) is 42.5 Å². The topological polar surface area (TPSA) is 58.3 Å². The first-order chi connectivity index (χ1) is 7.84. The molecule has 0 bridgehead atoms. The van der Waals surface area contributed by atoms with Crippen LogP contribution in [0.5, 0.6) is 0 Å². The predicted molar refractivity (Wildman–Crippen MR) is 74.2 cm³/mol. The molecular formula is C14H24N2O.